The predicted molar refractivity (Wildman–Crippen MR) is 96.1 cm³/mol. The van der Waals surface area contributed by atoms with Crippen molar-refractivity contribution in [1.29, 1.82) is 0 Å². The van der Waals surface area contributed by atoms with E-state index >= 15 is 0 Å². The third-order valence-electron chi connectivity index (χ3n) is 5.41. The van der Waals surface area contributed by atoms with E-state index in [-0.39, 0.29) is 24.5 Å². The van der Waals surface area contributed by atoms with Gasteiger partial charge in [-0.3, -0.25) is 4.79 Å². The number of aliphatic hydroxyl groups is 2. The fraction of sp³-hybridized carbons (Fsp3) is 0.750. The Labute approximate surface area is 150 Å². The number of hydrogen-bond donors (Lipinski definition) is 3. The lowest BCUT2D eigenvalue weighted by atomic mass is 9.90. The Morgan fingerprint density at radius 1 is 1.28 bits per heavy atom. The van der Waals surface area contributed by atoms with Crippen LogP contribution in [0.1, 0.15) is 51.9 Å². The van der Waals surface area contributed by atoms with Crippen LogP contribution in [0.3, 0.4) is 0 Å². The standard InChI is InChI=1S/C20H32O5/c1-2-3-4-6-15(21)8-9-17-18-13-16(11-14(18)12-19(17)22)25-10-5-7-20(23)24/h3-4,8-9,14-19,21-22H,2,5-7,10-13H2,1H3,(H,23,24)/b4-3+,9-8?/t14-,15?,16?,17+,18-,19+/m1/s1. The van der Waals surface area contributed by atoms with Crippen molar-refractivity contribution in [2.75, 3.05) is 6.61 Å². The molecule has 5 heteroatoms. The van der Waals surface area contributed by atoms with Crippen molar-refractivity contribution in [2.24, 2.45) is 17.8 Å². The average molecular weight is 352 g/mol. The van der Waals surface area contributed by atoms with Gasteiger partial charge in [0.05, 0.1) is 18.3 Å². The number of carboxylic acids is 1. The first-order valence-electron chi connectivity index (χ1n) is 9.54. The lowest BCUT2D eigenvalue weighted by molar-refractivity contribution is -0.137. The zero-order valence-corrected chi connectivity index (χ0v) is 15.1. The third-order valence-corrected chi connectivity index (χ3v) is 5.41. The maximum absolute atomic E-state index is 10.5. The summed E-state index contributed by atoms with van der Waals surface area (Å²) in [5.41, 5.74) is 0. The summed E-state index contributed by atoms with van der Waals surface area (Å²) in [6.45, 7) is 2.55. The van der Waals surface area contributed by atoms with Crippen LogP contribution in [0.4, 0.5) is 0 Å². The zero-order chi connectivity index (χ0) is 18.2. The second-order valence-electron chi connectivity index (χ2n) is 7.33. The molecule has 2 aliphatic carbocycles. The largest absolute Gasteiger partial charge is 0.481 e. The molecule has 0 saturated heterocycles. The van der Waals surface area contributed by atoms with Gasteiger partial charge in [0.15, 0.2) is 0 Å². The van der Waals surface area contributed by atoms with Crippen LogP contribution in [-0.4, -0.2) is 46.2 Å². The summed E-state index contributed by atoms with van der Waals surface area (Å²) in [6, 6.07) is 0. The number of fused-ring (bicyclic) bond motifs is 1. The third kappa shape index (κ3) is 6.24. The first-order valence-corrected chi connectivity index (χ1v) is 9.54. The lowest BCUT2D eigenvalue weighted by Crippen LogP contribution is -2.20. The quantitative estimate of drug-likeness (QED) is 0.416. The highest BCUT2D eigenvalue weighted by Gasteiger charge is 2.47. The molecular formula is C20H32O5. The molecule has 0 aromatic rings. The molecular weight excluding hydrogens is 320 g/mol. The second-order valence-corrected chi connectivity index (χ2v) is 7.33. The normalized spacial score (nSPS) is 33.3. The molecule has 142 valence electrons. The Hall–Kier alpha value is -1.17. The van der Waals surface area contributed by atoms with Crippen molar-refractivity contribution >= 4 is 5.97 Å². The molecule has 0 aromatic heterocycles. The van der Waals surface area contributed by atoms with E-state index in [9.17, 15) is 15.0 Å². The highest BCUT2D eigenvalue weighted by atomic mass is 16.5. The summed E-state index contributed by atoms with van der Waals surface area (Å²) in [4.78, 5) is 10.5. The first-order chi connectivity index (χ1) is 12.0. The van der Waals surface area contributed by atoms with Crippen LogP contribution in [0.25, 0.3) is 0 Å². The van der Waals surface area contributed by atoms with E-state index in [1.165, 1.54) is 0 Å². The van der Waals surface area contributed by atoms with Gasteiger partial charge in [-0.05, 0) is 50.4 Å². The number of carbonyl (C=O) groups is 1. The molecule has 5 nitrogen and oxygen atoms in total. The van der Waals surface area contributed by atoms with Crippen LogP contribution in [0, 0.1) is 17.8 Å². The second kappa shape index (κ2) is 10.1. The molecule has 2 saturated carbocycles. The molecule has 0 aliphatic heterocycles. The zero-order valence-electron chi connectivity index (χ0n) is 15.1. The monoisotopic (exact) mass is 352 g/mol. The van der Waals surface area contributed by atoms with Gasteiger partial charge in [-0.25, -0.2) is 0 Å². The highest BCUT2D eigenvalue weighted by molar-refractivity contribution is 5.66. The van der Waals surface area contributed by atoms with Crippen molar-refractivity contribution in [3.05, 3.63) is 24.3 Å². The Morgan fingerprint density at radius 3 is 2.80 bits per heavy atom. The minimum absolute atomic E-state index is 0.0856. The van der Waals surface area contributed by atoms with E-state index in [4.69, 9.17) is 9.84 Å². The van der Waals surface area contributed by atoms with E-state index in [2.05, 4.69) is 6.92 Å². The van der Waals surface area contributed by atoms with E-state index in [0.717, 1.165) is 25.7 Å². The van der Waals surface area contributed by atoms with Gasteiger partial charge in [-0.2, -0.15) is 0 Å². The Kier molecular flexibility index (Phi) is 8.13. The predicted octanol–water partition coefficient (Wildman–Crippen LogP) is 2.92. The molecule has 0 radical (unpaired) electrons. The van der Waals surface area contributed by atoms with Crippen LogP contribution < -0.4 is 0 Å². The van der Waals surface area contributed by atoms with Gasteiger partial charge in [0.1, 0.15) is 0 Å². The van der Waals surface area contributed by atoms with Gasteiger partial charge < -0.3 is 20.1 Å². The summed E-state index contributed by atoms with van der Waals surface area (Å²) in [6.07, 6.45) is 12.1. The van der Waals surface area contributed by atoms with Gasteiger partial charge >= 0.3 is 5.97 Å². The smallest absolute Gasteiger partial charge is 0.303 e. The topological polar surface area (TPSA) is 87.0 Å². The SMILES string of the molecule is CC/C=C/CC(O)C=C[C@H]1[C@@H]2CC(OCCCC(=O)O)C[C@@H]2C[C@@H]1O. The van der Waals surface area contributed by atoms with Crippen molar-refractivity contribution in [1.82, 2.24) is 0 Å². The maximum Gasteiger partial charge on any atom is 0.303 e. The van der Waals surface area contributed by atoms with Crippen LogP contribution in [0.15, 0.2) is 24.3 Å². The number of aliphatic carboxylic acids is 1. The fourth-order valence-corrected chi connectivity index (χ4v) is 4.22. The van der Waals surface area contributed by atoms with Gasteiger partial charge in [-0.1, -0.05) is 31.2 Å². The summed E-state index contributed by atoms with van der Waals surface area (Å²) in [7, 11) is 0. The maximum atomic E-state index is 10.5. The summed E-state index contributed by atoms with van der Waals surface area (Å²) in [5.74, 6) is 0.162. The van der Waals surface area contributed by atoms with Crippen molar-refractivity contribution in [3.8, 4) is 0 Å². The molecule has 0 bridgehead atoms. The highest BCUT2D eigenvalue weighted by Crippen LogP contribution is 2.49. The molecule has 2 unspecified atom stereocenters. The number of rotatable bonds is 10. The van der Waals surface area contributed by atoms with E-state index in [1.54, 1.807) is 0 Å². The molecule has 2 fully saturated rings. The van der Waals surface area contributed by atoms with Crippen LogP contribution in [0.2, 0.25) is 0 Å². The molecule has 25 heavy (non-hydrogen) atoms. The summed E-state index contributed by atoms with van der Waals surface area (Å²) in [5, 5.41) is 29.0. The van der Waals surface area contributed by atoms with Crippen molar-refractivity contribution in [2.45, 2.75) is 70.2 Å². The van der Waals surface area contributed by atoms with Gasteiger partial charge in [0.2, 0.25) is 0 Å². The summed E-state index contributed by atoms with van der Waals surface area (Å²) >= 11 is 0. The van der Waals surface area contributed by atoms with Gasteiger partial charge in [-0.15, -0.1) is 0 Å². The Morgan fingerprint density at radius 2 is 2.08 bits per heavy atom. The average Bonchev–Trinajstić information content (AvgIpc) is 3.06. The van der Waals surface area contributed by atoms with Crippen LogP contribution >= 0.6 is 0 Å². The van der Waals surface area contributed by atoms with E-state index < -0.39 is 12.1 Å². The number of allylic oxidation sites excluding steroid dienone is 1. The molecule has 2 aliphatic rings. The van der Waals surface area contributed by atoms with E-state index in [1.807, 2.05) is 24.3 Å². The number of carboxylic acid groups (broad SMARTS) is 1. The molecule has 6 atom stereocenters. The van der Waals surface area contributed by atoms with Gasteiger partial charge in [0.25, 0.3) is 0 Å². The van der Waals surface area contributed by atoms with Gasteiger partial charge in [0, 0.05) is 18.9 Å². The molecule has 0 heterocycles. The van der Waals surface area contributed by atoms with Crippen LogP contribution in [-0.2, 0) is 9.53 Å². The Bertz CT molecular complexity index is 473. The van der Waals surface area contributed by atoms with E-state index in [0.29, 0.717) is 31.3 Å². The fourth-order valence-electron chi connectivity index (χ4n) is 4.22. The molecule has 0 aromatic carbocycles. The molecule has 3 N–H and O–H groups in total. The Balaban J connectivity index is 1.79. The number of ether oxygens (including phenoxy) is 1. The minimum atomic E-state index is -0.785. The van der Waals surface area contributed by atoms with Crippen LogP contribution in [0.5, 0.6) is 0 Å². The summed E-state index contributed by atoms with van der Waals surface area (Å²) < 4.78 is 5.84. The first kappa shape index (κ1) is 20.1. The van der Waals surface area contributed by atoms with Crippen molar-refractivity contribution < 1.29 is 24.9 Å². The minimum Gasteiger partial charge on any atom is -0.481 e. The molecule has 2 rings (SSSR count). The molecule has 0 spiro atoms. The van der Waals surface area contributed by atoms with Crippen molar-refractivity contribution in [3.63, 3.8) is 0 Å². The number of aliphatic hydroxyl groups excluding tert-OH is 2. The number of hydrogen-bond acceptors (Lipinski definition) is 4. The lowest BCUT2D eigenvalue weighted by Gasteiger charge is -2.19. The molecule has 0 amide bonds.